The molecule has 1 atom stereocenters. The summed E-state index contributed by atoms with van der Waals surface area (Å²) in [5.41, 5.74) is 5.93. The molecule has 2 aliphatic rings. The summed E-state index contributed by atoms with van der Waals surface area (Å²) in [6.45, 7) is 10.5. The van der Waals surface area contributed by atoms with E-state index in [0.29, 0.717) is 6.04 Å². The van der Waals surface area contributed by atoms with Crippen molar-refractivity contribution in [3.05, 3.63) is 0 Å². The zero-order chi connectivity index (χ0) is 12.8. The van der Waals surface area contributed by atoms with Crippen LogP contribution in [0.5, 0.6) is 0 Å². The van der Waals surface area contributed by atoms with Crippen LogP contribution in [-0.4, -0.2) is 93.4 Å². The van der Waals surface area contributed by atoms with Gasteiger partial charge in [-0.05, 0) is 26.6 Å². The minimum Gasteiger partial charge on any atom is -0.379 e. The molecule has 2 saturated heterocycles. The van der Waals surface area contributed by atoms with Gasteiger partial charge in [-0.25, -0.2) is 0 Å². The number of nitrogens with zero attached hydrogens (tertiary/aromatic N) is 3. The second-order valence-corrected chi connectivity index (χ2v) is 5.50. The van der Waals surface area contributed by atoms with E-state index in [1.165, 1.54) is 19.5 Å². The Hall–Kier alpha value is -0.200. The first kappa shape index (κ1) is 14.2. The lowest BCUT2D eigenvalue weighted by atomic mass is 10.2. The molecule has 18 heavy (non-hydrogen) atoms. The van der Waals surface area contributed by atoms with Crippen molar-refractivity contribution in [2.75, 3.05) is 72.6 Å². The van der Waals surface area contributed by atoms with E-state index in [0.717, 1.165) is 52.5 Å². The van der Waals surface area contributed by atoms with Crippen molar-refractivity contribution in [3.8, 4) is 0 Å². The summed E-state index contributed by atoms with van der Waals surface area (Å²) in [5, 5.41) is 0. The lowest BCUT2D eigenvalue weighted by Crippen LogP contribution is -2.49. The Morgan fingerprint density at radius 1 is 1.11 bits per heavy atom. The van der Waals surface area contributed by atoms with Gasteiger partial charge < -0.3 is 15.4 Å². The van der Waals surface area contributed by atoms with E-state index in [1.54, 1.807) is 0 Å². The Bertz CT molecular complexity index is 233. The zero-order valence-electron chi connectivity index (χ0n) is 11.7. The third-order valence-corrected chi connectivity index (χ3v) is 4.10. The van der Waals surface area contributed by atoms with Crippen molar-refractivity contribution in [1.29, 1.82) is 0 Å². The standard InChI is InChI=1S/C13H28N4O/c1-15-3-2-4-17(13(11-14)12-15)6-5-16-7-9-18-10-8-16/h13H,2-12,14H2,1H3. The Morgan fingerprint density at radius 2 is 1.89 bits per heavy atom. The number of morpholine rings is 1. The summed E-state index contributed by atoms with van der Waals surface area (Å²) in [6, 6.07) is 0.526. The first-order valence-corrected chi connectivity index (χ1v) is 7.22. The molecule has 0 aromatic heterocycles. The molecule has 0 aromatic carbocycles. The molecule has 0 amide bonds. The van der Waals surface area contributed by atoms with E-state index < -0.39 is 0 Å². The van der Waals surface area contributed by atoms with Gasteiger partial charge in [0.2, 0.25) is 0 Å². The lowest BCUT2D eigenvalue weighted by Gasteiger charge is -2.33. The summed E-state index contributed by atoms with van der Waals surface area (Å²) in [6.07, 6.45) is 1.26. The van der Waals surface area contributed by atoms with Crippen LogP contribution in [0, 0.1) is 0 Å². The molecular formula is C13H28N4O. The molecule has 2 rings (SSSR count). The van der Waals surface area contributed by atoms with Crippen LogP contribution in [-0.2, 0) is 4.74 Å². The summed E-state index contributed by atoms with van der Waals surface area (Å²) < 4.78 is 5.39. The highest BCUT2D eigenvalue weighted by Crippen LogP contribution is 2.08. The predicted octanol–water partition coefficient (Wildman–Crippen LogP) is -0.717. The van der Waals surface area contributed by atoms with Crippen molar-refractivity contribution in [1.82, 2.24) is 14.7 Å². The molecule has 0 aliphatic carbocycles. The van der Waals surface area contributed by atoms with Gasteiger partial charge in [0.15, 0.2) is 0 Å². The molecular weight excluding hydrogens is 228 g/mol. The zero-order valence-corrected chi connectivity index (χ0v) is 11.7. The minimum absolute atomic E-state index is 0.526. The average molecular weight is 256 g/mol. The number of nitrogens with two attached hydrogens (primary N) is 1. The molecule has 1 unspecified atom stereocenters. The maximum absolute atomic E-state index is 5.93. The van der Waals surface area contributed by atoms with Crippen molar-refractivity contribution in [2.24, 2.45) is 5.73 Å². The first-order chi connectivity index (χ1) is 8.79. The van der Waals surface area contributed by atoms with Gasteiger partial charge in [0.05, 0.1) is 13.2 Å². The first-order valence-electron chi connectivity index (χ1n) is 7.22. The highest BCUT2D eigenvalue weighted by atomic mass is 16.5. The summed E-state index contributed by atoms with van der Waals surface area (Å²) in [4.78, 5) is 7.50. The second-order valence-electron chi connectivity index (χ2n) is 5.50. The van der Waals surface area contributed by atoms with Gasteiger partial charge >= 0.3 is 0 Å². The van der Waals surface area contributed by atoms with E-state index in [-0.39, 0.29) is 0 Å². The van der Waals surface area contributed by atoms with Crippen LogP contribution in [0.1, 0.15) is 6.42 Å². The monoisotopic (exact) mass is 256 g/mol. The maximum Gasteiger partial charge on any atom is 0.0594 e. The molecule has 2 heterocycles. The fourth-order valence-electron chi connectivity index (χ4n) is 2.91. The number of hydrogen-bond acceptors (Lipinski definition) is 5. The minimum atomic E-state index is 0.526. The Kier molecular flexibility index (Phi) is 5.85. The van der Waals surface area contributed by atoms with Gasteiger partial charge in [0.1, 0.15) is 0 Å². The van der Waals surface area contributed by atoms with E-state index in [9.17, 15) is 0 Å². The van der Waals surface area contributed by atoms with Crippen LogP contribution in [0.25, 0.3) is 0 Å². The number of ether oxygens (including phenoxy) is 1. The topological polar surface area (TPSA) is 45.0 Å². The van der Waals surface area contributed by atoms with E-state index in [1.807, 2.05) is 0 Å². The Morgan fingerprint density at radius 3 is 2.61 bits per heavy atom. The number of hydrogen-bond donors (Lipinski definition) is 1. The van der Waals surface area contributed by atoms with Crippen LogP contribution < -0.4 is 5.73 Å². The fourth-order valence-corrected chi connectivity index (χ4v) is 2.91. The third-order valence-electron chi connectivity index (χ3n) is 4.10. The normalized spacial score (nSPS) is 29.3. The molecule has 2 fully saturated rings. The molecule has 5 nitrogen and oxygen atoms in total. The van der Waals surface area contributed by atoms with Crippen LogP contribution in [0.15, 0.2) is 0 Å². The molecule has 0 bridgehead atoms. The highest BCUT2D eigenvalue weighted by molar-refractivity contribution is 4.80. The van der Waals surface area contributed by atoms with Gasteiger partial charge in [-0.15, -0.1) is 0 Å². The molecule has 106 valence electrons. The largest absolute Gasteiger partial charge is 0.379 e. The number of likely N-dealkylation sites (N-methyl/N-ethyl adjacent to an activating group) is 1. The van der Waals surface area contributed by atoms with Crippen LogP contribution in [0.4, 0.5) is 0 Å². The van der Waals surface area contributed by atoms with Crippen molar-refractivity contribution < 1.29 is 4.74 Å². The van der Waals surface area contributed by atoms with Gasteiger partial charge in [-0.3, -0.25) is 9.80 Å². The van der Waals surface area contributed by atoms with Gasteiger partial charge in [0, 0.05) is 45.3 Å². The predicted molar refractivity (Wildman–Crippen MR) is 73.8 cm³/mol. The Balaban J connectivity index is 1.78. The third kappa shape index (κ3) is 4.17. The van der Waals surface area contributed by atoms with E-state index in [2.05, 4.69) is 21.7 Å². The molecule has 0 aromatic rings. The quantitative estimate of drug-likeness (QED) is 0.719. The molecule has 2 aliphatic heterocycles. The fraction of sp³-hybridized carbons (Fsp3) is 1.00. The lowest BCUT2D eigenvalue weighted by molar-refractivity contribution is 0.0311. The molecule has 2 N–H and O–H groups in total. The Labute approximate surface area is 111 Å². The van der Waals surface area contributed by atoms with E-state index in [4.69, 9.17) is 10.5 Å². The molecule has 5 heteroatoms. The summed E-state index contributed by atoms with van der Waals surface area (Å²) in [7, 11) is 2.20. The molecule has 0 spiro atoms. The summed E-state index contributed by atoms with van der Waals surface area (Å²) in [5.74, 6) is 0. The van der Waals surface area contributed by atoms with Gasteiger partial charge in [-0.2, -0.15) is 0 Å². The van der Waals surface area contributed by atoms with Gasteiger partial charge in [0.25, 0.3) is 0 Å². The highest BCUT2D eigenvalue weighted by Gasteiger charge is 2.22. The van der Waals surface area contributed by atoms with Crippen molar-refractivity contribution >= 4 is 0 Å². The van der Waals surface area contributed by atoms with Crippen molar-refractivity contribution in [2.45, 2.75) is 12.5 Å². The van der Waals surface area contributed by atoms with Crippen LogP contribution >= 0.6 is 0 Å². The smallest absolute Gasteiger partial charge is 0.0594 e. The molecule has 0 radical (unpaired) electrons. The number of rotatable bonds is 4. The van der Waals surface area contributed by atoms with Crippen molar-refractivity contribution in [3.63, 3.8) is 0 Å². The second kappa shape index (κ2) is 7.40. The summed E-state index contributed by atoms with van der Waals surface area (Å²) >= 11 is 0. The van der Waals surface area contributed by atoms with E-state index >= 15 is 0 Å². The van der Waals surface area contributed by atoms with Crippen LogP contribution in [0.3, 0.4) is 0 Å². The SMILES string of the molecule is CN1CCCN(CCN2CCOCC2)C(CN)C1. The van der Waals surface area contributed by atoms with Gasteiger partial charge in [-0.1, -0.05) is 0 Å². The maximum atomic E-state index is 5.93. The average Bonchev–Trinajstić information content (AvgIpc) is 2.59. The molecule has 0 saturated carbocycles. The van der Waals surface area contributed by atoms with Crippen LogP contribution in [0.2, 0.25) is 0 Å².